The fraction of sp³-hybridized carbons (Fsp3) is 0.222. The summed E-state index contributed by atoms with van der Waals surface area (Å²) in [4.78, 5) is 4.48. The highest BCUT2D eigenvalue weighted by Gasteiger charge is 2.10. The van der Waals surface area contributed by atoms with Crippen LogP contribution in [0.5, 0.6) is 0 Å². The molecule has 21 heavy (non-hydrogen) atoms. The molecule has 3 nitrogen and oxygen atoms in total. The van der Waals surface area contributed by atoms with E-state index >= 15 is 0 Å². The average molecular weight is 278 g/mol. The van der Waals surface area contributed by atoms with E-state index in [1.165, 1.54) is 11.1 Å². The summed E-state index contributed by atoms with van der Waals surface area (Å²) in [6.07, 6.45) is 2.25. The van der Waals surface area contributed by atoms with Crippen molar-refractivity contribution in [1.82, 2.24) is 10.1 Å². The van der Waals surface area contributed by atoms with Crippen LogP contribution in [0.4, 0.5) is 0 Å². The first-order chi connectivity index (χ1) is 10.3. The van der Waals surface area contributed by atoms with Gasteiger partial charge in [0.05, 0.1) is 0 Å². The molecule has 0 unspecified atom stereocenters. The summed E-state index contributed by atoms with van der Waals surface area (Å²) >= 11 is 0. The van der Waals surface area contributed by atoms with E-state index in [1.807, 2.05) is 36.4 Å². The summed E-state index contributed by atoms with van der Waals surface area (Å²) < 4.78 is 5.37. The fourth-order valence-corrected chi connectivity index (χ4v) is 2.26. The number of rotatable bonds is 4. The molecule has 0 atom stereocenters. The third-order valence-corrected chi connectivity index (χ3v) is 3.48. The SMILES string of the molecule is CCCc1ccc(-c2nc(-c3ccc(C)cc3)no2)cc1. The van der Waals surface area contributed by atoms with Crippen molar-refractivity contribution in [3.63, 3.8) is 0 Å². The molecule has 0 aliphatic carbocycles. The standard InChI is InChI=1S/C18H18N2O/c1-3-4-14-7-11-16(12-8-14)18-19-17(20-21-18)15-9-5-13(2)6-10-15/h5-12H,3-4H2,1-2H3. The van der Waals surface area contributed by atoms with Gasteiger partial charge in [-0.2, -0.15) is 4.98 Å². The van der Waals surface area contributed by atoms with Crippen LogP contribution in [0.15, 0.2) is 53.1 Å². The lowest BCUT2D eigenvalue weighted by Crippen LogP contribution is -1.84. The van der Waals surface area contributed by atoms with Gasteiger partial charge < -0.3 is 4.52 Å². The second-order valence-corrected chi connectivity index (χ2v) is 5.24. The lowest BCUT2D eigenvalue weighted by atomic mass is 10.1. The minimum Gasteiger partial charge on any atom is -0.334 e. The molecule has 0 aliphatic heterocycles. The smallest absolute Gasteiger partial charge is 0.258 e. The zero-order valence-corrected chi connectivity index (χ0v) is 12.3. The van der Waals surface area contributed by atoms with Gasteiger partial charge in [0.25, 0.3) is 5.89 Å². The molecule has 106 valence electrons. The topological polar surface area (TPSA) is 38.9 Å². The fourth-order valence-electron chi connectivity index (χ4n) is 2.26. The Morgan fingerprint density at radius 1 is 0.905 bits per heavy atom. The van der Waals surface area contributed by atoms with Crippen LogP contribution in [0.3, 0.4) is 0 Å². The van der Waals surface area contributed by atoms with Crippen LogP contribution in [-0.2, 0) is 6.42 Å². The summed E-state index contributed by atoms with van der Waals surface area (Å²) in [5, 5.41) is 4.07. The van der Waals surface area contributed by atoms with Crippen molar-refractivity contribution in [2.24, 2.45) is 0 Å². The van der Waals surface area contributed by atoms with Gasteiger partial charge in [-0.3, -0.25) is 0 Å². The highest BCUT2D eigenvalue weighted by atomic mass is 16.5. The van der Waals surface area contributed by atoms with Crippen LogP contribution in [-0.4, -0.2) is 10.1 Å². The van der Waals surface area contributed by atoms with Crippen molar-refractivity contribution in [3.8, 4) is 22.8 Å². The number of hydrogen-bond acceptors (Lipinski definition) is 3. The first-order valence-electron chi connectivity index (χ1n) is 7.26. The highest BCUT2D eigenvalue weighted by Crippen LogP contribution is 2.23. The van der Waals surface area contributed by atoms with Gasteiger partial charge >= 0.3 is 0 Å². The van der Waals surface area contributed by atoms with Gasteiger partial charge in [0.2, 0.25) is 5.82 Å². The van der Waals surface area contributed by atoms with Crippen molar-refractivity contribution >= 4 is 0 Å². The predicted octanol–water partition coefficient (Wildman–Crippen LogP) is 4.66. The Morgan fingerprint density at radius 3 is 2.24 bits per heavy atom. The molecule has 0 aliphatic rings. The molecular formula is C18H18N2O. The third-order valence-electron chi connectivity index (χ3n) is 3.48. The number of aryl methyl sites for hydroxylation is 2. The zero-order valence-electron chi connectivity index (χ0n) is 12.3. The minimum atomic E-state index is 0.564. The van der Waals surface area contributed by atoms with Crippen LogP contribution >= 0.6 is 0 Å². The Kier molecular flexibility index (Phi) is 3.82. The number of benzene rings is 2. The first-order valence-corrected chi connectivity index (χ1v) is 7.26. The van der Waals surface area contributed by atoms with E-state index in [0.29, 0.717) is 11.7 Å². The number of aromatic nitrogens is 2. The molecule has 2 aromatic carbocycles. The molecule has 3 heteroatoms. The minimum absolute atomic E-state index is 0.564. The predicted molar refractivity (Wildman–Crippen MR) is 83.9 cm³/mol. The Bertz CT molecular complexity index is 712. The van der Waals surface area contributed by atoms with Crippen molar-refractivity contribution in [3.05, 3.63) is 59.7 Å². The van der Waals surface area contributed by atoms with Gasteiger partial charge in [0.15, 0.2) is 0 Å². The second kappa shape index (κ2) is 5.92. The molecule has 0 N–H and O–H groups in total. The van der Waals surface area contributed by atoms with Gasteiger partial charge in [-0.05, 0) is 31.0 Å². The van der Waals surface area contributed by atoms with E-state index in [2.05, 4.69) is 36.1 Å². The molecule has 0 fully saturated rings. The molecule has 1 aromatic heterocycles. The average Bonchev–Trinajstić information content (AvgIpc) is 2.99. The van der Waals surface area contributed by atoms with Crippen LogP contribution in [0.1, 0.15) is 24.5 Å². The maximum absolute atomic E-state index is 5.37. The van der Waals surface area contributed by atoms with Crippen LogP contribution in [0.25, 0.3) is 22.8 Å². The van der Waals surface area contributed by atoms with E-state index in [4.69, 9.17) is 4.52 Å². The highest BCUT2D eigenvalue weighted by molar-refractivity contribution is 5.60. The molecule has 1 heterocycles. The summed E-state index contributed by atoms with van der Waals surface area (Å²) in [5.41, 5.74) is 4.48. The molecule has 0 saturated heterocycles. The molecule has 0 bridgehead atoms. The largest absolute Gasteiger partial charge is 0.334 e. The molecule has 0 saturated carbocycles. The number of hydrogen-bond donors (Lipinski definition) is 0. The van der Waals surface area contributed by atoms with Crippen LogP contribution < -0.4 is 0 Å². The summed E-state index contributed by atoms with van der Waals surface area (Å²) in [6.45, 7) is 4.24. The van der Waals surface area contributed by atoms with Crippen LogP contribution in [0.2, 0.25) is 0 Å². The van der Waals surface area contributed by atoms with Gasteiger partial charge in [0, 0.05) is 11.1 Å². The quantitative estimate of drug-likeness (QED) is 0.696. The third kappa shape index (κ3) is 3.02. The zero-order chi connectivity index (χ0) is 14.7. The molecule has 3 rings (SSSR count). The van der Waals surface area contributed by atoms with Crippen LogP contribution in [0, 0.1) is 6.92 Å². The van der Waals surface area contributed by atoms with Crippen molar-refractivity contribution in [2.75, 3.05) is 0 Å². The van der Waals surface area contributed by atoms with Crippen molar-refractivity contribution in [2.45, 2.75) is 26.7 Å². The monoisotopic (exact) mass is 278 g/mol. The molecule has 0 spiro atoms. The first kappa shape index (κ1) is 13.6. The van der Waals surface area contributed by atoms with E-state index in [0.717, 1.165) is 24.0 Å². The van der Waals surface area contributed by atoms with E-state index in [-0.39, 0.29) is 0 Å². The molecule has 3 aromatic rings. The van der Waals surface area contributed by atoms with Gasteiger partial charge in [-0.15, -0.1) is 0 Å². The van der Waals surface area contributed by atoms with Crippen molar-refractivity contribution < 1.29 is 4.52 Å². The van der Waals surface area contributed by atoms with Crippen molar-refractivity contribution in [1.29, 1.82) is 0 Å². The maximum Gasteiger partial charge on any atom is 0.258 e. The maximum atomic E-state index is 5.37. The second-order valence-electron chi connectivity index (χ2n) is 5.24. The van der Waals surface area contributed by atoms with Gasteiger partial charge in [-0.1, -0.05) is 60.5 Å². The summed E-state index contributed by atoms with van der Waals surface area (Å²) in [5.74, 6) is 1.19. The van der Waals surface area contributed by atoms with Gasteiger partial charge in [-0.25, -0.2) is 0 Å². The Labute approximate surface area is 124 Å². The summed E-state index contributed by atoms with van der Waals surface area (Å²) in [6, 6.07) is 16.4. The lowest BCUT2D eigenvalue weighted by molar-refractivity contribution is 0.432. The van der Waals surface area contributed by atoms with E-state index < -0.39 is 0 Å². The number of nitrogens with zero attached hydrogens (tertiary/aromatic N) is 2. The molecular weight excluding hydrogens is 260 g/mol. The Morgan fingerprint density at radius 2 is 1.57 bits per heavy atom. The molecule has 0 radical (unpaired) electrons. The normalized spacial score (nSPS) is 10.8. The lowest BCUT2D eigenvalue weighted by Gasteiger charge is -1.99. The summed E-state index contributed by atoms with van der Waals surface area (Å²) in [7, 11) is 0. The van der Waals surface area contributed by atoms with Gasteiger partial charge in [0.1, 0.15) is 0 Å². The van der Waals surface area contributed by atoms with E-state index in [9.17, 15) is 0 Å². The Balaban J connectivity index is 1.85. The Hall–Kier alpha value is -2.42. The van der Waals surface area contributed by atoms with E-state index in [1.54, 1.807) is 0 Å². The molecule has 0 amide bonds.